The van der Waals surface area contributed by atoms with E-state index >= 15 is 0 Å². The molecule has 1 heterocycles. The molecule has 1 atom stereocenters. The van der Waals surface area contributed by atoms with Gasteiger partial charge in [-0.3, -0.25) is 0 Å². The van der Waals surface area contributed by atoms with E-state index in [1.165, 1.54) is 0 Å². The number of para-hydroxylation sites is 1. The third-order valence-corrected chi connectivity index (χ3v) is 2.36. The summed E-state index contributed by atoms with van der Waals surface area (Å²) in [6.45, 7) is 0.372. The van der Waals surface area contributed by atoms with Gasteiger partial charge in [0.2, 0.25) is 0 Å². The van der Waals surface area contributed by atoms with Gasteiger partial charge < -0.3 is 5.32 Å². The molecule has 12 heavy (non-hydrogen) atoms. The zero-order valence-corrected chi connectivity index (χ0v) is 7.24. The first-order valence-electron chi connectivity index (χ1n) is 3.92. The highest BCUT2D eigenvalue weighted by Gasteiger charge is 2.18. The van der Waals surface area contributed by atoms with E-state index in [1.54, 1.807) is 0 Å². The third-order valence-electron chi connectivity index (χ3n) is 2.04. The Balaban J connectivity index is 2.42. The van der Waals surface area contributed by atoms with Crippen LogP contribution in [0.15, 0.2) is 18.2 Å². The Kier molecular flexibility index (Phi) is 1.93. The van der Waals surface area contributed by atoms with E-state index in [2.05, 4.69) is 5.32 Å². The van der Waals surface area contributed by atoms with E-state index in [0.717, 1.165) is 11.3 Å². The number of hydrogen-bond acceptors (Lipinski definition) is 1. The summed E-state index contributed by atoms with van der Waals surface area (Å²) in [5.74, 6) is 0. The number of rotatable bonds is 0. The van der Waals surface area contributed by atoms with Crippen molar-refractivity contribution in [3.05, 3.63) is 28.8 Å². The number of hydrogen-bond donors (Lipinski definition) is 1. The van der Waals surface area contributed by atoms with Gasteiger partial charge in [0, 0.05) is 13.0 Å². The Labute approximate surface area is 75.5 Å². The predicted octanol–water partition coefficient (Wildman–Crippen LogP) is 2.65. The van der Waals surface area contributed by atoms with E-state index in [4.69, 9.17) is 11.6 Å². The number of nitrogens with one attached hydrogen (secondary N) is 1. The van der Waals surface area contributed by atoms with Crippen LogP contribution in [0.2, 0.25) is 5.02 Å². The quantitative estimate of drug-likeness (QED) is 0.655. The molecule has 1 aromatic rings. The first-order chi connectivity index (χ1) is 5.77. The average Bonchev–Trinajstić information content (AvgIpc) is 2.04. The fraction of sp³-hybridized carbons (Fsp3) is 0.333. The van der Waals surface area contributed by atoms with Crippen LogP contribution in [0.25, 0.3) is 0 Å². The number of benzene rings is 1. The molecular formula is C9H9ClFN. The van der Waals surface area contributed by atoms with E-state index in [1.807, 2.05) is 18.2 Å². The van der Waals surface area contributed by atoms with Crippen molar-refractivity contribution in [2.75, 3.05) is 11.9 Å². The van der Waals surface area contributed by atoms with Crippen molar-refractivity contribution in [1.82, 2.24) is 0 Å². The molecule has 0 saturated carbocycles. The molecule has 1 aromatic carbocycles. The van der Waals surface area contributed by atoms with E-state index in [9.17, 15) is 4.39 Å². The molecule has 1 N–H and O–H groups in total. The summed E-state index contributed by atoms with van der Waals surface area (Å²) < 4.78 is 12.9. The van der Waals surface area contributed by atoms with Gasteiger partial charge in [-0.15, -0.1) is 0 Å². The van der Waals surface area contributed by atoms with Crippen molar-refractivity contribution >= 4 is 17.3 Å². The molecule has 0 saturated heterocycles. The number of fused-ring (bicyclic) bond motifs is 1. The summed E-state index contributed by atoms with van der Waals surface area (Å²) in [5, 5.41) is 3.65. The van der Waals surface area contributed by atoms with Crippen molar-refractivity contribution in [2.45, 2.75) is 12.6 Å². The molecule has 0 bridgehead atoms. The highest BCUT2D eigenvalue weighted by molar-refractivity contribution is 6.33. The summed E-state index contributed by atoms with van der Waals surface area (Å²) in [7, 11) is 0. The van der Waals surface area contributed by atoms with E-state index < -0.39 is 6.17 Å². The van der Waals surface area contributed by atoms with Crippen LogP contribution in [-0.4, -0.2) is 12.7 Å². The van der Waals surface area contributed by atoms with Gasteiger partial charge in [-0.1, -0.05) is 23.7 Å². The second-order valence-corrected chi connectivity index (χ2v) is 3.36. The molecule has 3 heteroatoms. The highest BCUT2D eigenvalue weighted by Crippen LogP contribution is 2.30. The molecule has 2 rings (SSSR count). The van der Waals surface area contributed by atoms with Crippen molar-refractivity contribution in [3.8, 4) is 0 Å². The molecule has 1 aliphatic rings. The topological polar surface area (TPSA) is 12.0 Å². The first kappa shape index (κ1) is 7.87. The summed E-state index contributed by atoms with van der Waals surface area (Å²) in [4.78, 5) is 0. The van der Waals surface area contributed by atoms with E-state index in [-0.39, 0.29) is 0 Å². The molecule has 0 radical (unpaired) electrons. The van der Waals surface area contributed by atoms with Gasteiger partial charge >= 0.3 is 0 Å². The lowest BCUT2D eigenvalue weighted by atomic mass is 10.0. The number of anilines is 1. The maximum absolute atomic E-state index is 12.9. The van der Waals surface area contributed by atoms with Crippen LogP contribution in [0, 0.1) is 0 Å². The van der Waals surface area contributed by atoms with Gasteiger partial charge in [0.25, 0.3) is 0 Å². The lowest BCUT2D eigenvalue weighted by Gasteiger charge is -2.21. The van der Waals surface area contributed by atoms with Crippen molar-refractivity contribution in [1.29, 1.82) is 0 Å². The molecule has 1 nitrogen and oxygen atoms in total. The van der Waals surface area contributed by atoms with Crippen LogP contribution < -0.4 is 5.32 Å². The summed E-state index contributed by atoms with van der Waals surface area (Å²) in [5.41, 5.74) is 1.87. The Hall–Kier alpha value is -0.760. The van der Waals surface area contributed by atoms with Crippen molar-refractivity contribution < 1.29 is 4.39 Å². The molecule has 0 aromatic heterocycles. The third kappa shape index (κ3) is 1.27. The van der Waals surface area contributed by atoms with Crippen LogP contribution >= 0.6 is 11.6 Å². The van der Waals surface area contributed by atoms with Crippen LogP contribution in [-0.2, 0) is 6.42 Å². The van der Waals surface area contributed by atoms with Crippen LogP contribution in [0.5, 0.6) is 0 Å². The van der Waals surface area contributed by atoms with Gasteiger partial charge in [-0.25, -0.2) is 4.39 Å². The van der Waals surface area contributed by atoms with Crippen LogP contribution in [0.3, 0.4) is 0 Å². The first-order valence-corrected chi connectivity index (χ1v) is 4.30. The van der Waals surface area contributed by atoms with Gasteiger partial charge in [0.05, 0.1) is 10.7 Å². The second kappa shape index (κ2) is 2.94. The lowest BCUT2D eigenvalue weighted by Crippen LogP contribution is -2.24. The summed E-state index contributed by atoms with van der Waals surface area (Å²) in [6.07, 6.45) is -0.306. The molecule has 0 fully saturated rings. The Morgan fingerprint density at radius 1 is 1.50 bits per heavy atom. The fourth-order valence-corrected chi connectivity index (χ4v) is 1.72. The molecule has 0 spiro atoms. The molecule has 64 valence electrons. The minimum absolute atomic E-state index is 0.372. The number of alkyl halides is 1. The standard InChI is InChI=1S/C9H9ClFN/c10-8-3-1-2-6-4-7(11)5-12-9(6)8/h1-3,7,12H,4-5H2. The Morgan fingerprint density at radius 3 is 3.17 bits per heavy atom. The SMILES string of the molecule is FC1CNc2c(Cl)cccc2C1. The molecule has 1 aliphatic heterocycles. The molecule has 1 unspecified atom stereocenters. The van der Waals surface area contributed by atoms with Gasteiger partial charge in [-0.05, 0) is 11.6 Å². The summed E-state index contributed by atoms with van der Waals surface area (Å²) >= 11 is 5.90. The maximum atomic E-state index is 12.9. The Morgan fingerprint density at radius 2 is 2.33 bits per heavy atom. The largest absolute Gasteiger partial charge is 0.381 e. The fourth-order valence-electron chi connectivity index (χ4n) is 1.46. The van der Waals surface area contributed by atoms with Gasteiger partial charge in [-0.2, -0.15) is 0 Å². The molecule has 0 amide bonds. The smallest absolute Gasteiger partial charge is 0.121 e. The second-order valence-electron chi connectivity index (χ2n) is 2.96. The number of halogens is 2. The van der Waals surface area contributed by atoms with Crippen LogP contribution in [0.4, 0.5) is 10.1 Å². The monoisotopic (exact) mass is 185 g/mol. The summed E-state index contributed by atoms with van der Waals surface area (Å²) in [6, 6.07) is 5.56. The lowest BCUT2D eigenvalue weighted by molar-refractivity contribution is 0.342. The normalized spacial score (nSPS) is 21.3. The average molecular weight is 186 g/mol. The van der Waals surface area contributed by atoms with Crippen molar-refractivity contribution in [3.63, 3.8) is 0 Å². The zero-order chi connectivity index (χ0) is 8.55. The Bertz CT molecular complexity index is 301. The minimum Gasteiger partial charge on any atom is -0.381 e. The van der Waals surface area contributed by atoms with E-state index in [0.29, 0.717) is 18.0 Å². The zero-order valence-electron chi connectivity index (χ0n) is 6.48. The van der Waals surface area contributed by atoms with Crippen molar-refractivity contribution in [2.24, 2.45) is 0 Å². The predicted molar refractivity (Wildman–Crippen MR) is 48.5 cm³/mol. The molecule has 0 aliphatic carbocycles. The highest BCUT2D eigenvalue weighted by atomic mass is 35.5. The minimum atomic E-state index is -0.782. The molecular weight excluding hydrogens is 177 g/mol. The van der Waals surface area contributed by atoms with Gasteiger partial charge in [0.1, 0.15) is 6.17 Å². The van der Waals surface area contributed by atoms with Gasteiger partial charge in [0.15, 0.2) is 0 Å². The maximum Gasteiger partial charge on any atom is 0.121 e. The van der Waals surface area contributed by atoms with Crippen LogP contribution in [0.1, 0.15) is 5.56 Å².